The van der Waals surface area contributed by atoms with Gasteiger partial charge in [-0.3, -0.25) is 9.25 Å². The van der Waals surface area contributed by atoms with E-state index in [0.717, 1.165) is 28.0 Å². The summed E-state index contributed by atoms with van der Waals surface area (Å²) in [6.07, 6.45) is 6.01. The quantitative estimate of drug-likeness (QED) is 0.752. The van der Waals surface area contributed by atoms with Crippen molar-refractivity contribution in [3.05, 3.63) is 47.9 Å². The van der Waals surface area contributed by atoms with Crippen LogP contribution in [0.25, 0.3) is 22.4 Å². The van der Waals surface area contributed by atoms with Gasteiger partial charge in [-0.2, -0.15) is 5.10 Å². The van der Waals surface area contributed by atoms with Crippen molar-refractivity contribution in [3.63, 3.8) is 0 Å². The predicted octanol–water partition coefficient (Wildman–Crippen LogP) is 3.03. The Morgan fingerprint density at radius 1 is 1.35 bits per heavy atom. The average Bonchev–Trinajstić information content (AvgIpc) is 3.11. The van der Waals surface area contributed by atoms with Gasteiger partial charge in [0.1, 0.15) is 11.5 Å². The number of hydrogen-bond acceptors (Lipinski definition) is 3. The van der Waals surface area contributed by atoms with Gasteiger partial charge in [0.15, 0.2) is 0 Å². The van der Waals surface area contributed by atoms with E-state index in [1.807, 2.05) is 42.9 Å². The second kappa shape index (κ2) is 5.72. The van der Waals surface area contributed by atoms with Crippen LogP contribution in [-0.2, 0) is 11.8 Å². The molecule has 0 fully saturated rings. The van der Waals surface area contributed by atoms with Crippen LogP contribution < -0.4 is 0 Å². The molecule has 3 rings (SSSR count). The number of fused-ring (bicyclic) bond motifs is 1. The summed E-state index contributed by atoms with van der Waals surface area (Å²) in [7, 11) is 1.84. The topological polar surface area (TPSA) is 72.9 Å². The Kier molecular flexibility index (Phi) is 3.73. The molecule has 0 aromatic carbocycles. The van der Waals surface area contributed by atoms with Crippen LogP contribution in [0.1, 0.15) is 25.8 Å². The van der Waals surface area contributed by atoms with Crippen molar-refractivity contribution in [1.82, 2.24) is 19.3 Å². The monoisotopic (exact) mass is 310 g/mol. The summed E-state index contributed by atoms with van der Waals surface area (Å²) in [5.74, 6) is -0.0942. The van der Waals surface area contributed by atoms with Gasteiger partial charge in [0.25, 0.3) is 0 Å². The molecule has 0 saturated heterocycles. The molecule has 3 heterocycles. The Bertz CT molecular complexity index is 918. The van der Waals surface area contributed by atoms with E-state index < -0.39 is 5.97 Å². The van der Waals surface area contributed by atoms with E-state index in [1.54, 1.807) is 24.0 Å². The summed E-state index contributed by atoms with van der Waals surface area (Å²) < 4.78 is 3.69. The number of nitrogens with zero attached hydrogens (tertiary/aromatic N) is 4. The minimum absolute atomic E-state index is 0.339. The summed E-state index contributed by atoms with van der Waals surface area (Å²) in [6.45, 7) is 3.58. The fourth-order valence-electron chi connectivity index (χ4n) is 2.85. The van der Waals surface area contributed by atoms with E-state index in [1.165, 1.54) is 0 Å². The summed E-state index contributed by atoms with van der Waals surface area (Å²) in [6, 6.07) is 5.87. The lowest BCUT2D eigenvalue weighted by Gasteiger charge is -2.12. The van der Waals surface area contributed by atoms with Crippen molar-refractivity contribution in [3.8, 4) is 5.82 Å². The minimum atomic E-state index is -0.910. The third-order valence-corrected chi connectivity index (χ3v) is 4.04. The Morgan fingerprint density at radius 3 is 2.83 bits per heavy atom. The molecule has 23 heavy (non-hydrogen) atoms. The lowest BCUT2D eigenvalue weighted by molar-refractivity contribution is -0.132. The van der Waals surface area contributed by atoms with E-state index >= 15 is 0 Å². The highest BCUT2D eigenvalue weighted by Gasteiger charge is 2.19. The Labute approximate surface area is 133 Å². The first-order valence-electron chi connectivity index (χ1n) is 7.42. The van der Waals surface area contributed by atoms with Crippen LogP contribution in [0.3, 0.4) is 0 Å². The standard InChI is InChI=1S/C17H18N4O2/c1-4-13(11(2)17(22)23)14-10-19-20(3)16(14)21-9-7-12-6-5-8-18-15(12)21/h5-10H,4H2,1-3H3,(H,22,23)/b13-11+. The summed E-state index contributed by atoms with van der Waals surface area (Å²) in [4.78, 5) is 15.8. The molecule has 118 valence electrons. The summed E-state index contributed by atoms with van der Waals surface area (Å²) in [5, 5.41) is 14.7. The zero-order chi connectivity index (χ0) is 16.6. The molecule has 3 aromatic heterocycles. The molecule has 0 aliphatic heterocycles. The molecule has 0 atom stereocenters. The maximum atomic E-state index is 11.4. The smallest absolute Gasteiger partial charge is 0.331 e. The van der Waals surface area contributed by atoms with Crippen LogP contribution in [0, 0.1) is 0 Å². The van der Waals surface area contributed by atoms with Gasteiger partial charge in [-0.25, -0.2) is 9.78 Å². The van der Waals surface area contributed by atoms with E-state index in [4.69, 9.17) is 0 Å². The molecule has 0 aliphatic carbocycles. The highest BCUT2D eigenvalue weighted by Crippen LogP contribution is 2.29. The van der Waals surface area contributed by atoms with E-state index in [2.05, 4.69) is 10.1 Å². The third-order valence-electron chi connectivity index (χ3n) is 4.04. The Hall–Kier alpha value is -2.89. The number of rotatable bonds is 4. The fraction of sp³-hybridized carbons (Fsp3) is 0.235. The molecule has 0 radical (unpaired) electrons. The number of carbonyl (C=O) groups is 1. The molecular formula is C17H18N4O2. The molecule has 0 spiro atoms. The van der Waals surface area contributed by atoms with Gasteiger partial charge in [-0.05, 0) is 37.1 Å². The van der Waals surface area contributed by atoms with E-state index in [0.29, 0.717) is 12.0 Å². The number of carboxylic acids is 1. The first-order chi connectivity index (χ1) is 11.0. The van der Waals surface area contributed by atoms with Crippen LogP contribution in [-0.4, -0.2) is 30.4 Å². The molecule has 0 saturated carbocycles. The maximum Gasteiger partial charge on any atom is 0.331 e. The predicted molar refractivity (Wildman–Crippen MR) is 88.4 cm³/mol. The van der Waals surface area contributed by atoms with Gasteiger partial charge in [-0.1, -0.05) is 6.92 Å². The molecule has 0 amide bonds. The van der Waals surface area contributed by atoms with Crippen molar-refractivity contribution in [1.29, 1.82) is 0 Å². The van der Waals surface area contributed by atoms with Crippen LogP contribution >= 0.6 is 0 Å². The molecule has 0 unspecified atom stereocenters. The first-order valence-corrected chi connectivity index (χ1v) is 7.42. The second-order valence-electron chi connectivity index (χ2n) is 5.37. The van der Waals surface area contributed by atoms with Gasteiger partial charge in [0, 0.05) is 36.0 Å². The second-order valence-corrected chi connectivity index (χ2v) is 5.37. The largest absolute Gasteiger partial charge is 0.478 e. The van der Waals surface area contributed by atoms with Crippen molar-refractivity contribution in [2.24, 2.45) is 7.05 Å². The van der Waals surface area contributed by atoms with Gasteiger partial charge in [0.2, 0.25) is 0 Å². The van der Waals surface area contributed by atoms with Gasteiger partial charge >= 0.3 is 5.97 Å². The van der Waals surface area contributed by atoms with Crippen molar-refractivity contribution in [2.75, 3.05) is 0 Å². The van der Waals surface area contributed by atoms with Crippen molar-refractivity contribution in [2.45, 2.75) is 20.3 Å². The molecule has 0 aliphatic rings. The first kappa shape index (κ1) is 15.0. The maximum absolute atomic E-state index is 11.4. The highest BCUT2D eigenvalue weighted by atomic mass is 16.4. The summed E-state index contributed by atoms with van der Waals surface area (Å²) >= 11 is 0. The molecular weight excluding hydrogens is 292 g/mol. The molecule has 1 N–H and O–H groups in total. The summed E-state index contributed by atoms with van der Waals surface area (Å²) in [5.41, 5.74) is 2.75. The molecule has 6 heteroatoms. The molecule has 3 aromatic rings. The van der Waals surface area contributed by atoms with Gasteiger partial charge in [0.05, 0.1) is 6.20 Å². The number of aryl methyl sites for hydroxylation is 1. The SMILES string of the molecule is CC/C(=C(/C)C(=O)O)c1cnn(C)c1-n1ccc2cccnc21. The number of allylic oxidation sites excluding steroid dienone is 1. The zero-order valence-corrected chi connectivity index (χ0v) is 13.3. The highest BCUT2D eigenvalue weighted by molar-refractivity contribution is 5.96. The minimum Gasteiger partial charge on any atom is -0.478 e. The average molecular weight is 310 g/mol. The van der Waals surface area contributed by atoms with Gasteiger partial charge in [-0.15, -0.1) is 0 Å². The molecule has 6 nitrogen and oxygen atoms in total. The van der Waals surface area contributed by atoms with Crippen LogP contribution in [0.4, 0.5) is 0 Å². The third kappa shape index (κ3) is 2.42. The Morgan fingerprint density at radius 2 is 2.13 bits per heavy atom. The molecule has 0 bridgehead atoms. The number of pyridine rings is 1. The zero-order valence-electron chi connectivity index (χ0n) is 13.3. The van der Waals surface area contributed by atoms with Crippen LogP contribution in [0.15, 0.2) is 42.4 Å². The van der Waals surface area contributed by atoms with Crippen molar-refractivity contribution < 1.29 is 9.90 Å². The van der Waals surface area contributed by atoms with Crippen LogP contribution in [0.2, 0.25) is 0 Å². The number of aliphatic carboxylic acids is 1. The Balaban J connectivity index is 2.28. The van der Waals surface area contributed by atoms with Gasteiger partial charge < -0.3 is 5.11 Å². The lowest BCUT2D eigenvalue weighted by Crippen LogP contribution is -2.07. The van der Waals surface area contributed by atoms with Crippen molar-refractivity contribution >= 4 is 22.6 Å². The normalized spacial score (nSPS) is 12.5. The van der Waals surface area contributed by atoms with E-state index in [9.17, 15) is 9.90 Å². The number of aromatic nitrogens is 4. The number of carboxylic acid groups (broad SMARTS) is 1. The number of hydrogen-bond donors (Lipinski definition) is 1. The van der Waals surface area contributed by atoms with E-state index in [-0.39, 0.29) is 0 Å². The fourth-order valence-corrected chi connectivity index (χ4v) is 2.85. The lowest BCUT2D eigenvalue weighted by atomic mass is 10.0. The van der Waals surface area contributed by atoms with Crippen LogP contribution in [0.5, 0.6) is 0 Å².